The first-order valence-electron chi connectivity index (χ1n) is 6.26. The normalized spacial score (nSPS) is 21.8. The second-order valence-corrected chi connectivity index (χ2v) is 7.27. The van der Waals surface area contributed by atoms with Crippen molar-refractivity contribution in [2.75, 3.05) is 11.5 Å². The monoisotopic (exact) mass is 278 g/mol. The van der Waals surface area contributed by atoms with Gasteiger partial charge in [-0.3, -0.25) is 4.79 Å². The third kappa shape index (κ3) is 2.56. The maximum Gasteiger partial charge on any atom is 0.198 e. The van der Waals surface area contributed by atoms with Crippen LogP contribution >= 0.6 is 0 Å². The van der Waals surface area contributed by atoms with Crippen LogP contribution in [0.15, 0.2) is 34.7 Å². The number of hydrogen-bond donors (Lipinski definition) is 0. The summed E-state index contributed by atoms with van der Waals surface area (Å²) in [6, 6.07) is 9.15. The number of Topliss-reactive ketones (excluding diaryl/α,β-unsaturated/α-hetero) is 1. The minimum absolute atomic E-state index is 0.0642. The number of rotatable bonds is 3. The minimum Gasteiger partial charge on any atom is -0.453 e. The molecule has 0 spiro atoms. The van der Waals surface area contributed by atoms with Crippen LogP contribution in [0.2, 0.25) is 0 Å². The number of benzene rings is 1. The number of fused-ring (bicyclic) bond motifs is 1. The van der Waals surface area contributed by atoms with Crippen LogP contribution in [0.4, 0.5) is 0 Å². The van der Waals surface area contributed by atoms with E-state index in [0.29, 0.717) is 17.8 Å². The van der Waals surface area contributed by atoms with E-state index in [4.69, 9.17) is 4.42 Å². The molecule has 100 valence electrons. The molecule has 1 aromatic heterocycles. The molecule has 2 aromatic rings. The molecule has 2 heterocycles. The quantitative estimate of drug-likeness (QED) is 0.809. The predicted molar refractivity (Wildman–Crippen MR) is 71.9 cm³/mol. The Balaban J connectivity index is 1.77. The highest BCUT2D eigenvalue weighted by Crippen LogP contribution is 2.25. The van der Waals surface area contributed by atoms with Gasteiger partial charge < -0.3 is 4.42 Å². The lowest BCUT2D eigenvalue weighted by Crippen LogP contribution is -2.10. The molecular formula is C14H14O4S. The highest BCUT2D eigenvalue weighted by atomic mass is 32.2. The van der Waals surface area contributed by atoms with Crippen molar-refractivity contribution in [2.45, 2.75) is 12.8 Å². The van der Waals surface area contributed by atoms with Crippen LogP contribution in [0.1, 0.15) is 23.4 Å². The molecule has 1 aliphatic heterocycles. The van der Waals surface area contributed by atoms with E-state index in [2.05, 4.69) is 0 Å². The van der Waals surface area contributed by atoms with Gasteiger partial charge in [0.25, 0.3) is 0 Å². The number of furan rings is 1. The van der Waals surface area contributed by atoms with Crippen LogP contribution in [0.3, 0.4) is 0 Å². The molecule has 4 nitrogen and oxygen atoms in total. The van der Waals surface area contributed by atoms with Crippen molar-refractivity contribution in [3.8, 4) is 0 Å². The highest BCUT2D eigenvalue weighted by Gasteiger charge is 2.30. The SMILES string of the molecule is O=C(CC1CCS(=O)(=O)C1)c1cc2ccccc2o1. The second kappa shape index (κ2) is 4.49. The summed E-state index contributed by atoms with van der Waals surface area (Å²) < 4.78 is 28.2. The zero-order valence-corrected chi connectivity index (χ0v) is 11.2. The third-order valence-electron chi connectivity index (χ3n) is 3.50. The Morgan fingerprint density at radius 3 is 2.79 bits per heavy atom. The zero-order valence-electron chi connectivity index (χ0n) is 10.3. The van der Waals surface area contributed by atoms with Gasteiger partial charge in [0.05, 0.1) is 11.5 Å². The van der Waals surface area contributed by atoms with Crippen molar-refractivity contribution in [3.63, 3.8) is 0 Å². The van der Waals surface area contributed by atoms with Crippen molar-refractivity contribution >= 4 is 26.6 Å². The van der Waals surface area contributed by atoms with Crippen LogP contribution < -0.4 is 0 Å². The topological polar surface area (TPSA) is 64.3 Å². The van der Waals surface area contributed by atoms with Gasteiger partial charge >= 0.3 is 0 Å². The molecule has 0 amide bonds. The standard InChI is InChI=1S/C14H14O4S/c15-12(7-10-5-6-19(16,17)9-10)14-8-11-3-1-2-4-13(11)18-14/h1-4,8,10H,5-7,9H2. The first-order valence-corrected chi connectivity index (χ1v) is 8.08. The summed E-state index contributed by atoms with van der Waals surface area (Å²) in [6.45, 7) is 0. The van der Waals surface area contributed by atoms with Gasteiger partial charge in [0.15, 0.2) is 21.4 Å². The van der Waals surface area contributed by atoms with Crippen molar-refractivity contribution in [2.24, 2.45) is 5.92 Å². The summed E-state index contributed by atoms with van der Waals surface area (Å²) in [5, 5.41) is 0.893. The molecular weight excluding hydrogens is 264 g/mol. The molecule has 0 aliphatic carbocycles. The number of carbonyl (C=O) groups excluding carboxylic acids is 1. The molecule has 1 unspecified atom stereocenters. The Morgan fingerprint density at radius 2 is 2.11 bits per heavy atom. The molecule has 1 saturated heterocycles. The van der Waals surface area contributed by atoms with Crippen LogP contribution in [0.25, 0.3) is 11.0 Å². The smallest absolute Gasteiger partial charge is 0.198 e. The second-order valence-electron chi connectivity index (χ2n) is 5.04. The van der Waals surface area contributed by atoms with E-state index >= 15 is 0 Å². The van der Waals surface area contributed by atoms with E-state index in [1.165, 1.54) is 0 Å². The Kier molecular flexibility index (Phi) is 2.93. The number of sulfone groups is 1. The Labute approximate surface area is 111 Å². The molecule has 19 heavy (non-hydrogen) atoms. The lowest BCUT2D eigenvalue weighted by molar-refractivity contribution is 0.0940. The van der Waals surface area contributed by atoms with E-state index < -0.39 is 9.84 Å². The molecule has 0 bridgehead atoms. The van der Waals surface area contributed by atoms with Crippen LogP contribution in [0, 0.1) is 5.92 Å². The van der Waals surface area contributed by atoms with Crippen molar-refractivity contribution in [3.05, 3.63) is 36.1 Å². The average molecular weight is 278 g/mol. The maximum atomic E-state index is 12.1. The van der Waals surface area contributed by atoms with Gasteiger partial charge in [-0.1, -0.05) is 18.2 Å². The van der Waals surface area contributed by atoms with Crippen molar-refractivity contribution < 1.29 is 17.6 Å². The Bertz CT molecular complexity index is 694. The van der Waals surface area contributed by atoms with E-state index in [1.54, 1.807) is 6.07 Å². The van der Waals surface area contributed by atoms with Crippen molar-refractivity contribution in [1.82, 2.24) is 0 Å². The van der Waals surface area contributed by atoms with Gasteiger partial charge in [-0.2, -0.15) is 0 Å². The minimum atomic E-state index is -2.93. The fraction of sp³-hybridized carbons (Fsp3) is 0.357. The summed E-state index contributed by atoms with van der Waals surface area (Å²) >= 11 is 0. The Hall–Kier alpha value is -1.62. The first-order chi connectivity index (χ1) is 9.03. The predicted octanol–water partition coefficient (Wildman–Crippen LogP) is 2.44. The lowest BCUT2D eigenvalue weighted by atomic mass is 10.0. The van der Waals surface area contributed by atoms with Gasteiger partial charge in [-0.05, 0) is 24.5 Å². The molecule has 1 fully saturated rings. The first kappa shape index (κ1) is 12.4. The summed E-state index contributed by atoms with van der Waals surface area (Å²) in [7, 11) is -2.93. The number of para-hydroxylation sites is 1. The molecule has 3 rings (SSSR count). The molecule has 5 heteroatoms. The molecule has 0 radical (unpaired) electrons. The average Bonchev–Trinajstić information content (AvgIpc) is 2.92. The van der Waals surface area contributed by atoms with E-state index in [0.717, 1.165) is 5.39 Å². The van der Waals surface area contributed by atoms with E-state index in [9.17, 15) is 13.2 Å². The molecule has 1 atom stereocenters. The number of carbonyl (C=O) groups is 1. The highest BCUT2D eigenvalue weighted by molar-refractivity contribution is 7.91. The van der Waals surface area contributed by atoms with Gasteiger partial charge in [0.1, 0.15) is 5.58 Å². The van der Waals surface area contributed by atoms with Crippen molar-refractivity contribution in [1.29, 1.82) is 0 Å². The summed E-state index contributed by atoms with van der Waals surface area (Å²) in [4.78, 5) is 12.1. The van der Waals surface area contributed by atoms with E-state index in [-0.39, 0.29) is 29.6 Å². The van der Waals surface area contributed by atoms with Gasteiger partial charge in [-0.15, -0.1) is 0 Å². The summed E-state index contributed by atoms with van der Waals surface area (Å²) in [6.07, 6.45) is 0.827. The van der Waals surface area contributed by atoms with Crippen LogP contribution in [-0.4, -0.2) is 25.7 Å². The molecule has 0 N–H and O–H groups in total. The maximum absolute atomic E-state index is 12.1. The number of ketones is 1. The molecule has 1 aliphatic rings. The molecule has 1 aromatic carbocycles. The summed E-state index contributed by atoms with van der Waals surface area (Å²) in [5.74, 6) is 0.471. The lowest BCUT2D eigenvalue weighted by Gasteiger charge is -2.03. The largest absolute Gasteiger partial charge is 0.453 e. The Morgan fingerprint density at radius 1 is 1.32 bits per heavy atom. The fourth-order valence-electron chi connectivity index (χ4n) is 2.52. The summed E-state index contributed by atoms with van der Waals surface area (Å²) in [5.41, 5.74) is 0.685. The van der Waals surface area contributed by atoms with Crippen LogP contribution in [-0.2, 0) is 9.84 Å². The zero-order chi connectivity index (χ0) is 13.5. The van der Waals surface area contributed by atoms with Crippen LogP contribution in [0.5, 0.6) is 0 Å². The van der Waals surface area contributed by atoms with E-state index in [1.807, 2.05) is 24.3 Å². The molecule has 0 saturated carbocycles. The van der Waals surface area contributed by atoms with Gasteiger partial charge in [-0.25, -0.2) is 8.42 Å². The number of hydrogen-bond acceptors (Lipinski definition) is 4. The third-order valence-corrected chi connectivity index (χ3v) is 5.34. The van der Waals surface area contributed by atoms with Gasteiger partial charge in [0, 0.05) is 11.8 Å². The fourth-order valence-corrected chi connectivity index (χ4v) is 4.38. The van der Waals surface area contributed by atoms with Gasteiger partial charge in [0.2, 0.25) is 0 Å².